The van der Waals surface area contributed by atoms with E-state index in [0.29, 0.717) is 24.7 Å². The molecule has 0 aromatic carbocycles. The first-order chi connectivity index (χ1) is 9.61. The number of aromatic nitrogens is 1. The van der Waals surface area contributed by atoms with Gasteiger partial charge < -0.3 is 20.3 Å². The first-order valence-electron chi connectivity index (χ1n) is 6.54. The molecular formula is C13H18N4O2S. The topological polar surface area (TPSA) is 71.7 Å². The second kappa shape index (κ2) is 6.51. The lowest BCUT2D eigenvalue weighted by molar-refractivity contribution is 0.105. The molecule has 1 aliphatic rings. The summed E-state index contributed by atoms with van der Waals surface area (Å²) < 4.78 is 4.99. The Kier molecular flexibility index (Phi) is 4.73. The van der Waals surface area contributed by atoms with Crippen LogP contribution in [-0.4, -0.2) is 53.8 Å². The maximum Gasteiger partial charge on any atom is 0.409 e. The lowest BCUT2D eigenvalue weighted by Crippen LogP contribution is -2.49. The zero-order valence-corrected chi connectivity index (χ0v) is 12.2. The molecule has 0 spiro atoms. The number of hydrogen-bond donors (Lipinski definition) is 1. The van der Waals surface area contributed by atoms with Gasteiger partial charge in [0.05, 0.1) is 6.61 Å². The van der Waals surface area contributed by atoms with E-state index in [1.54, 1.807) is 11.1 Å². The Morgan fingerprint density at radius 3 is 2.60 bits per heavy atom. The molecular weight excluding hydrogens is 276 g/mol. The molecule has 20 heavy (non-hydrogen) atoms. The Hall–Kier alpha value is -1.89. The summed E-state index contributed by atoms with van der Waals surface area (Å²) in [5.41, 5.74) is 6.30. The SMILES string of the molecule is CCOC(=O)N1CCN(c2ccc(C(N)=S)cn2)CC1. The van der Waals surface area contributed by atoms with Crippen LogP contribution in [0.4, 0.5) is 10.6 Å². The Morgan fingerprint density at radius 2 is 2.10 bits per heavy atom. The molecule has 0 aliphatic carbocycles. The highest BCUT2D eigenvalue weighted by molar-refractivity contribution is 7.80. The van der Waals surface area contributed by atoms with Gasteiger partial charge in [0.25, 0.3) is 0 Å². The van der Waals surface area contributed by atoms with Crippen molar-refractivity contribution >= 4 is 29.1 Å². The third-order valence-corrected chi connectivity index (χ3v) is 3.40. The molecule has 0 atom stereocenters. The van der Waals surface area contributed by atoms with E-state index in [1.807, 2.05) is 19.1 Å². The minimum atomic E-state index is -0.246. The fraction of sp³-hybridized carbons (Fsp3) is 0.462. The number of carbonyl (C=O) groups excluding carboxylic acids is 1. The van der Waals surface area contributed by atoms with Crippen molar-refractivity contribution in [3.8, 4) is 0 Å². The van der Waals surface area contributed by atoms with Gasteiger partial charge in [-0.15, -0.1) is 0 Å². The molecule has 1 fully saturated rings. The van der Waals surface area contributed by atoms with Gasteiger partial charge >= 0.3 is 6.09 Å². The maximum absolute atomic E-state index is 11.6. The number of carbonyl (C=O) groups is 1. The molecule has 7 heteroatoms. The Morgan fingerprint density at radius 1 is 1.40 bits per heavy atom. The molecule has 6 nitrogen and oxygen atoms in total. The number of piperazine rings is 1. The van der Waals surface area contributed by atoms with Gasteiger partial charge in [-0.3, -0.25) is 0 Å². The summed E-state index contributed by atoms with van der Waals surface area (Å²) >= 11 is 4.90. The fourth-order valence-electron chi connectivity index (χ4n) is 2.05. The zero-order valence-electron chi connectivity index (χ0n) is 11.4. The molecule has 0 radical (unpaired) electrons. The summed E-state index contributed by atoms with van der Waals surface area (Å²) in [6, 6.07) is 3.76. The largest absolute Gasteiger partial charge is 0.450 e. The Labute approximate surface area is 123 Å². The zero-order chi connectivity index (χ0) is 14.5. The quantitative estimate of drug-likeness (QED) is 0.838. The first kappa shape index (κ1) is 14.5. The number of rotatable bonds is 3. The average Bonchev–Trinajstić information content (AvgIpc) is 2.48. The molecule has 1 aromatic heterocycles. The van der Waals surface area contributed by atoms with E-state index in [4.69, 9.17) is 22.7 Å². The van der Waals surface area contributed by atoms with Crippen LogP contribution in [0, 0.1) is 0 Å². The van der Waals surface area contributed by atoms with E-state index in [9.17, 15) is 4.79 Å². The molecule has 2 N–H and O–H groups in total. The second-order valence-corrected chi connectivity index (χ2v) is 4.88. The van der Waals surface area contributed by atoms with Crippen molar-refractivity contribution in [2.75, 3.05) is 37.7 Å². The lowest BCUT2D eigenvalue weighted by Gasteiger charge is -2.34. The van der Waals surface area contributed by atoms with Crippen LogP contribution in [0.1, 0.15) is 12.5 Å². The van der Waals surface area contributed by atoms with Gasteiger partial charge in [0.1, 0.15) is 10.8 Å². The summed E-state index contributed by atoms with van der Waals surface area (Å²) in [5.74, 6) is 0.869. The monoisotopic (exact) mass is 294 g/mol. The molecule has 1 aliphatic heterocycles. The molecule has 0 unspecified atom stereocenters. The van der Waals surface area contributed by atoms with Crippen LogP contribution in [0.15, 0.2) is 18.3 Å². The summed E-state index contributed by atoms with van der Waals surface area (Å²) in [6.07, 6.45) is 1.43. The summed E-state index contributed by atoms with van der Waals surface area (Å²) in [5, 5.41) is 0. The molecule has 0 saturated carbocycles. The van der Waals surface area contributed by atoms with Gasteiger partial charge in [0.2, 0.25) is 0 Å². The number of nitrogens with zero attached hydrogens (tertiary/aromatic N) is 3. The van der Waals surface area contributed by atoms with Crippen molar-refractivity contribution < 1.29 is 9.53 Å². The highest BCUT2D eigenvalue weighted by Gasteiger charge is 2.22. The van der Waals surface area contributed by atoms with Gasteiger partial charge in [0.15, 0.2) is 0 Å². The third-order valence-electron chi connectivity index (χ3n) is 3.16. The number of amides is 1. The summed E-state index contributed by atoms with van der Waals surface area (Å²) in [4.78, 5) is 20.1. The first-order valence-corrected chi connectivity index (χ1v) is 6.95. The van der Waals surface area contributed by atoms with E-state index < -0.39 is 0 Å². The molecule has 2 heterocycles. The predicted octanol–water partition coefficient (Wildman–Crippen LogP) is 0.994. The van der Waals surface area contributed by atoms with E-state index in [1.165, 1.54) is 0 Å². The van der Waals surface area contributed by atoms with Crippen molar-refractivity contribution in [1.29, 1.82) is 0 Å². The van der Waals surface area contributed by atoms with Crippen molar-refractivity contribution in [2.24, 2.45) is 5.73 Å². The Bertz CT molecular complexity index is 484. The molecule has 1 aromatic rings. The van der Waals surface area contributed by atoms with Gasteiger partial charge in [-0.25, -0.2) is 9.78 Å². The second-order valence-electron chi connectivity index (χ2n) is 4.44. The standard InChI is InChI=1S/C13H18N4O2S/c1-2-19-13(18)17-7-5-16(6-8-17)11-4-3-10(9-15-11)12(14)20/h3-4,9H,2,5-8H2,1H3,(H2,14,20). The number of pyridine rings is 1. The van der Waals surface area contributed by atoms with E-state index in [2.05, 4.69) is 9.88 Å². The molecule has 0 bridgehead atoms. The van der Waals surface area contributed by atoms with Gasteiger partial charge in [-0.1, -0.05) is 12.2 Å². The van der Waals surface area contributed by atoms with E-state index in [-0.39, 0.29) is 6.09 Å². The molecule has 2 rings (SSSR count). The van der Waals surface area contributed by atoms with Gasteiger partial charge in [-0.05, 0) is 19.1 Å². The van der Waals surface area contributed by atoms with Gasteiger partial charge in [0, 0.05) is 37.9 Å². The van der Waals surface area contributed by atoms with Crippen molar-refractivity contribution in [3.63, 3.8) is 0 Å². The summed E-state index contributed by atoms with van der Waals surface area (Å²) in [6.45, 7) is 4.95. The van der Waals surface area contributed by atoms with Crippen LogP contribution in [-0.2, 0) is 4.74 Å². The van der Waals surface area contributed by atoms with Crippen molar-refractivity contribution in [3.05, 3.63) is 23.9 Å². The maximum atomic E-state index is 11.6. The smallest absolute Gasteiger partial charge is 0.409 e. The van der Waals surface area contributed by atoms with E-state index >= 15 is 0 Å². The average molecular weight is 294 g/mol. The third kappa shape index (κ3) is 3.36. The number of ether oxygens (including phenoxy) is 1. The number of anilines is 1. The van der Waals surface area contributed by atoms with Crippen LogP contribution in [0.5, 0.6) is 0 Å². The van der Waals surface area contributed by atoms with Crippen LogP contribution in [0.2, 0.25) is 0 Å². The van der Waals surface area contributed by atoms with Crippen LogP contribution in [0.3, 0.4) is 0 Å². The Balaban J connectivity index is 1.93. The minimum Gasteiger partial charge on any atom is -0.450 e. The highest BCUT2D eigenvalue weighted by Crippen LogP contribution is 2.14. The van der Waals surface area contributed by atoms with Crippen LogP contribution >= 0.6 is 12.2 Å². The normalized spacial score (nSPS) is 15.1. The van der Waals surface area contributed by atoms with Crippen molar-refractivity contribution in [1.82, 2.24) is 9.88 Å². The fourth-order valence-corrected chi connectivity index (χ4v) is 2.17. The summed E-state index contributed by atoms with van der Waals surface area (Å²) in [7, 11) is 0. The molecule has 108 valence electrons. The van der Waals surface area contributed by atoms with Crippen LogP contribution < -0.4 is 10.6 Å². The van der Waals surface area contributed by atoms with Crippen LogP contribution in [0.25, 0.3) is 0 Å². The highest BCUT2D eigenvalue weighted by atomic mass is 32.1. The number of nitrogens with two attached hydrogens (primary N) is 1. The molecule has 1 saturated heterocycles. The van der Waals surface area contributed by atoms with Crippen molar-refractivity contribution in [2.45, 2.75) is 6.92 Å². The number of thiocarbonyl (C=S) groups is 1. The predicted molar refractivity (Wildman–Crippen MR) is 80.9 cm³/mol. The molecule has 1 amide bonds. The number of hydrogen-bond acceptors (Lipinski definition) is 5. The minimum absolute atomic E-state index is 0.246. The van der Waals surface area contributed by atoms with E-state index in [0.717, 1.165) is 24.5 Å². The lowest BCUT2D eigenvalue weighted by atomic mass is 10.2. The van der Waals surface area contributed by atoms with Gasteiger partial charge in [-0.2, -0.15) is 0 Å².